The molecule has 0 saturated carbocycles. The quantitative estimate of drug-likeness (QED) is 0.132. The average Bonchev–Trinajstić information content (AvgIpc) is 3.55. The monoisotopic (exact) mass is 515 g/mol. The van der Waals surface area contributed by atoms with Gasteiger partial charge in [0.05, 0.1) is 16.6 Å². The summed E-state index contributed by atoms with van der Waals surface area (Å²) in [6.07, 6.45) is 2.23. The van der Waals surface area contributed by atoms with Crippen molar-refractivity contribution in [3.63, 3.8) is 0 Å². The molecule has 1 aromatic heterocycles. The van der Waals surface area contributed by atoms with Crippen LogP contribution in [0.3, 0.4) is 0 Å². The molecule has 12 nitrogen and oxygen atoms in total. The maximum atomic E-state index is 13.1. The molecule has 36 heavy (non-hydrogen) atoms. The Kier molecular flexibility index (Phi) is 7.96. The molecule has 1 saturated heterocycles. The fourth-order valence-electron chi connectivity index (χ4n) is 3.99. The normalized spacial score (nSPS) is 16.1. The second kappa shape index (κ2) is 11.1. The number of hydrogen-bond acceptors (Lipinski definition) is 8. The topological polar surface area (TPSA) is 177 Å². The van der Waals surface area contributed by atoms with E-state index in [0.717, 1.165) is 13.1 Å². The van der Waals surface area contributed by atoms with E-state index in [-0.39, 0.29) is 23.2 Å². The third-order valence-electron chi connectivity index (χ3n) is 5.91. The van der Waals surface area contributed by atoms with Crippen LogP contribution >= 0.6 is 0 Å². The van der Waals surface area contributed by atoms with E-state index >= 15 is 0 Å². The highest BCUT2D eigenvalue weighted by atomic mass is 32.2. The Labute approximate surface area is 208 Å². The van der Waals surface area contributed by atoms with Crippen molar-refractivity contribution >= 4 is 32.8 Å². The fraction of sp³-hybridized carbons (Fsp3) is 0.348. The number of fused-ring (bicyclic) bond motifs is 1. The second-order valence-electron chi connectivity index (χ2n) is 8.51. The number of rotatable bonds is 12. The summed E-state index contributed by atoms with van der Waals surface area (Å²) in [5, 5.41) is 29.7. The molecule has 1 fully saturated rings. The van der Waals surface area contributed by atoms with Crippen LogP contribution < -0.4 is 26.0 Å². The number of carboxylic acids is 1. The van der Waals surface area contributed by atoms with Crippen molar-refractivity contribution in [3.05, 3.63) is 60.3 Å². The number of nitrogens with zero attached hydrogens (tertiary/aromatic N) is 1. The number of carbonyl (C=O) groups is 2. The molecule has 0 bridgehead atoms. The van der Waals surface area contributed by atoms with Crippen LogP contribution in [0.5, 0.6) is 0 Å². The summed E-state index contributed by atoms with van der Waals surface area (Å²) in [5.41, 5.74) is -1.38. The minimum absolute atomic E-state index is 0.0247. The first-order chi connectivity index (χ1) is 17.3. The molecule has 2 heterocycles. The van der Waals surface area contributed by atoms with E-state index in [1.165, 1.54) is 36.5 Å². The number of aromatic amines is 1. The van der Waals surface area contributed by atoms with E-state index in [0.29, 0.717) is 30.3 Å². The number of hydrogen-bond donors (Lipinski definition) is 7. The Bertz CT molecular complexity index is 1310. The predicted molar refractivity (Wildman–Crippen MR) is 132 cm³/mol. The number of unbranched alkanes of at least 4 members (excludes halogenated alkanes) is 1. The summed E-state index contributed by atoms with van der Waals surface area (Å²) in [7, 11) is -4.27. The molecular weight excluding hydrogens is 486 g/mol. The molecule has 7 N–H and O–H groups in total. The van der Waals surface area contributed by atoms with Crippen LogP contribution in [0.4, 0.5) is 0 Å². The van der Waals surface area contributed by atoms with Gasteiger partial charge in [-0.25, -0.2) is 13.2 Å². The van der Waals surface area contributed by atoms with Gasteiger partial charge in [0.2, 0.25) is 15.7 Å². The smallest absolute Gasteiger partial charge is 0.345 e. The highest BCUT2D eigenvalue weighted by molar-refractivity contribution is 7.89. The highest BCUT2D eigenvalue weighted by Crippen LogP contribution is 2.20. The fourth-order valence-corrected chi connectivity index (χ4v) is 5.32. The Balaban J connectivity index is 1.54. The third-order valence-corrected chi connectivity index (χ3v) is 7.42. The van der Waals surface area contributed by atoms with Crippen LogP contribution in [-0.4, -0.2) is 67.2 Å². The van der Waals surface area contributed by atoms with Crippen molar-refractivity contribution in [3.8, 4) is 0 Å². The van der Waals surface area contributed by atoms with Gasteiger partial charge in [-0.2, -0.15) is 9.82 Å². The molecule has 0 spiro atoms. The van der Waals surface area contributed by atoms with Crippen molar-refractivity contribution < 1.29 is 23.1 Å². The van der Waals surface area contributed by atoms with E-state index in [4.69, 9.17) is 0 Å². The first kappa shape index (κ1) is 25.7. The third kappa shape index (κ3) is 6.06. The van der Waals surface area contributed by atoms with Gasteiger partial charge in [0.15, 0.2) is 0 Å². The van der Waals surface area contributed by atoms with Crippen LogP contribution in [0, 0.1) is 0 Å². The Morgan fingerprint density at radius 2 is 1.83 bits per heavy atom. The van der Waals surface area contributed by atoms with Crippen molar-refractivity contribution in [2.24, 2.45) is 0 Å². The van der Waals surface area contributed by atoms with Crippen LogP contribution in [0.1, 0.15) is 29.6 Å². The molecule has 1 amide bonds. The standard InChI is InChI=1S/C23H29N7O5S/c31-20(16-8-9-19-17(14-16)15-27-29-19)28-23(21(32)33,10-4-5-11-24-22-25-12-13-26-22)30-36(34,35)18-6-2-1-3-7-18/h1-3,6-9,14-15,22,24-26,30H,4-5,10-13H2,(H,27,29)(H,28,31)(H,32,33). The van der Waals surface area contributed by atoms with Crippen molar-refractivity contribution in [1.82, 2.24) is 36.2 Å². The van der Waals surface area contributed by atoms with Gasteiger partial charge in [-0.15, -0.1) is 0 Å². The first-order valence-corrected chi connectivity index (χ1v) is 13.1. The number of amides is 1. The predicted octanol–water partition coefficient (Wildman–Crippen LogP) is 0.288. The van der Waals surface area contributed by atoms with E-state index in [2.05, 4.69) is 36.2 Å². The molecule has 1 aliphatic rings. The van der Waals surface area contributed by atoms with Gasteiger partial charge in [0.1, 0.15) is 6.29 Å². The number of nitrogens with one attached hydrogen (secondary N) is 6. The molecule has 2 aromatic carbocycles. The molecule has 192 valence electrons. The maximum Gasteiger partial charge on any atom is 0.345 e. The molecular formula is C23H29N7O5S. The number of benzene rings is 2. The number of carbonyl (C=O) groups excluding carboxylic acids is 1. The number of carboxylic acid groups (broad SMARTS) is 1. The molecule has 4 rings (SSSR count). The molecule has 3 aromatic rings. The van der Waals surface area contributed by atoms with Crippen LogP contribution in [0.2, 0.25) is 0 Å². The number of H-pyrrole nitrogens is 1. The lowest BCUT2D eigenvalue weighted by Crippen LogP contribution is -2.65. The van der Waals surface area contributed by atoms with Crippen LogP contribution in [0.15, 0.2) is 59.6 Å². The summed E-state index contributed by atoms with van der Waals surface area (Å²) in [6, 6.07) is 12.1. The Hall–Kier alpha value is -3.36. The molecule has 0 aliphatic carbocycles. The Morgan fingerprint density at radius 1 is 1.08 bits per heavy atom. The van der Waals surface area contributed by atoms with Gasteiger partial charge in [0, 0.05) is 24.0 Å². The zero-order chi connectivity index (χ0) is 25.6. The van der Waals surface area contributed by atoms with E-state index in [1.54, 1.807) is 18.2 Å². The van der Waals surface area contributed by atoms with Crippen molar-refractivity contribution in [2.45, 2.75) is 36.1 Å². The zero-order valence-corrected chi connectivity index (χ0v) is 20.3. The lowest BCUT2D eigenvalue weighted by atomic mass is 10.0. The van der Waals surface area contributed by atoms with E-state index in [1.807, 2.05) is 0 Å². The number of aromatic nitrogens is 2. The summed E-state index contributed by atoms with van der Waals surface area (Å²) >= 11 is 0. The lowest BCUT2D eigenvalue weighted by molar-refractivity contribution is -0.145. The van der Waals surface area contributed by atoms with E-state index < -0.39 is 27.6 Å². The SMILES string of the molecule is O=C(NC(CCCCNC1NCCN1)(NS(=O)(=O)c1ccccc1)C(=O)O)c1ccc2[nH]ncc2c1. The van der Waals surface area contributed by atoms with Gasteiger partial charge in [-0.05, 0) is 56.1 Å². The summed E-state index contributed by atoms with van der Waals surface area (Å²) in [4.78, 5) is 25.6. The van der Waals surface area contributed by atoms with Gasteiger partial charge in [-0.3, -0.25) is 25.8 Å². The maximum absolute atomic E-state index is 13.1. The average molecular weight is 516 g/mol. The summed E-state index contributed by atoms with van der Waals surface area (Å²) < 4.78 is 28.5. The molecule has 1 unspecified atom stereocenters. The molecule has 1 aliphatic heterocycles. The van der Waals surface area contributed by atoms with Gasteiger partial charge < -0.3 is 10.4 Å². The second-order valence-corrected chi connectivity index (χ2v) is 10.2. The summed E-state index contributed by atoms with van der Waals surface area (Å²) in [5.74, 6) is -2.24. The molecule has 13 heteroatoms. The minimum atomic E-state index is -4.27. The van der Waals surface area contributed by atoms with Crippen LogP contribution in [0.25, 0.3) is 10.9 Å². The number of sulfonamides is 1. The first-order valence-electron chi connectivity index (χ1n) is 11.6. The van der Waals surface area contributed by atoms with Gasteiger partial charge >= 0.3 is 5.97 Å². The van der Waals surface area contributed by atoms with Crippen LogP contribution in [-0.2, 0) is 14.8 Å². The van der Waals surface area contributed by atoms with Gasteiger partial charge in [-0.1, -0.05) is 18.2 Å². The number of aliphatic carboxylic acids is 1. The summed E-state index contributed by atoms with van der Waals surface area (Å²) in [6.45, 7) is 2.26. The molecule has 0 radical (unpaired) electrons. The largest absolute Gasteiger partial charge is 0.478 e. The van der Waals surface area contributed by atoms with Crippen molar-refractivity contribution in [1.29, 1.82) is 0 Å². The van der Waals surface area contributed by atoms with E-state index in [9.17, 15) is 23.1 Å². The minimum Gasteiger partial charge on any atom is -0.478 e. The highest BCUT2D eigenvalue weighted by Gasteiger charge is 2.44. The Morgan fingerprint density at radius 3 is 2.56 bits per heavy atom. The zero-order valence-electron chi connectivity index (χ0n) is 19.5. The lowest BCUT2D eigenvalue weighted by Gasteiger charge is -2.31. The molecule has 1 atom stereocenters. The van der Waals surface area contributed by atoms with Crippen molar-refractivity contribution in [2.75, 3.05) is 19.6 Å². The van der Waals surface area contributed by atoms with Gasteiger partial charge in [0.25, 0.3) is 5.91 Å².